The summed E-state index contributed by atoms with van der Waals surface area (Å²) in [6.45, 7) is 4.18. The van der Waals surface area contributed by atoms with E-state index in [2.05, 4.69) is 17.6 Å². The highest BCUT2D eigenvalue weighted by Crippen LogP contribution is 2.15. The predicted octanol–water partition coefficient (Wildman–Crippen LogP) is 1.35. The van der Waals surface area contributed by atoms with Crippen molar-refractivity contribution in [2.75, 3.05) is 6.26 Å². The number of hydrogen-bond acceptors (Lipinski definition) is 4. The molecule has 2 rings (SSSR count). The van der Waals surface area contributed by atoms with E-state index >= 15 is 0 Å². The Balaban J connectivity index is 2.10. The Morgan fingerprint density at radius 1 is 1.29 bits per heavy atom. The van der Waals surface area contributed by atoms with Crippen LogP contribution in [0.15, 0.2) is 29.2 Å². The van der Waals surface area contributed by atoms with E-state index < -0.39 is 9.84 Å². The van der Waals surface area contributed by atoms with Crippen LogP contribution in [-0.2, 0) is 9.84 Å². The van der Waals surface area contributed by atoms with Crippen LogP contribution in [0.2, 0.25) is 0 Å². The molecule has 3 atom stereocenters. The highest BCUT2D eigenvalue weighted by molar-refractivity contribution is 7.90. The van der Waals surface area contributed by atoms with Crippen molar-refractivity contribution >= 4 is 15.7 Å². The van der Waals surface area contributed by atoms with Gasteiger partial charge in [0.25, 0.3) is 5.91 Å². The molecule has 1 aromatic carbocycles. The third-order valence-electron chi connectivity index (χ3n) is 3.90. The second-order valence-electron chi connectivity index (χ2n) is 5.81. The highest BCUT2D eigenvalue weighted by atomic mass is 32.2. The van der Waals surface area contributed by atoms with E-state index in [0.717, 1.165) is 19.1 Å². The fourth-order valence-corrected chi connectivity index (χ4v) is 3.31. The van der Waals surface area contributed by atoms with Gasteiger partial charge < -0.3 is 10.6 Å². The summed E-state index contributed by atoms with van der Waals surface area (Å²) in [5.74, 6) is -0.228. The minimum absolute atomic E-state index is 0.0654. The van der Waals surface area contributed by atoms with Crippen molar-refractivity contribution < 1.29 is 13.2 Å². The zero-order chi connectivity index (χ0) is 15.6. The minimum Gasteiger partial charge on any atom is -0.348 e. The zero-order valence-electron chi connectivity index (χ0n) is 12.6. The first-order chi connectivity index (χ1) is 9.77. The third-order valence-corrected chi connectivity index (χ3v) is 5.01. The van der Waals surface area contributed by atoms with Gasteiger partial charge in [0, 0.05) is 29.9 Å². The monoisotopic (exact) mass is 310 g/mol. The fourth-order valence-electron chi connectivity index (χ4n) is 2.64. The number of rotatable bonds is 3. The summed E-state index contributed by atoms with van der Waals surface area (Å²) in [6, 6.07) is 6.88. The average Bonchev–Trinajstić information content (AvgIpc) is 2.41. The molecule has 5 nitrogen and oxygen atoms in total. The molecule has 1 heterocycles. The lowest BCUT2D eigenvalue weighted by Crippen LogP contribution is -2.54. The SMILES string of the molecule is CC1CCC(NC(=O)c2cccc(S(C)(=O)=O)c2)C(C)N1. The van der Waals surface area contributed by atoms with E-state index in [0.29, 0.717) is 11.6 Å². The van der Waals surface area contributed by atoms with Crippen molar-refractivity contribution in [3.05, 3.63) is 29.8 Å². The molecule has 21 heavy (non-hydrogen) atoms. The van der Waals surface area contributed by atoms with E-state index in [1.807, 2.05) is 6.92 Å². The topological polar surface area (TPSA) is 75.3 Å². The van der Waals surface area contributed by atoms with Crippen LogP contribution in [0.3, 0.4) is 0 Å². The maximum atomic E-state index is 12.3. The molecule has 1 aliphatic rings. The predicted molar refractivity (Wildman–Crippen MR) is 82.1 cm³/mol. The molecule has 0 spiro atoms. The molecular formula is C15H22N2O3S. The second-order valence-corrected chi connectivity index (χ2v) is 7.83. The minimum atomic E-state index is -3.30. The first-order valence-corrected chi connectivity index (χ1v) is 9.03. The molecule has 3 unspecified atom stereocenters. The smallest absolute Gasteiger partial charge is 0.251 e. The Morgan fingerprint density at radius 2 is 2.00 bits per heavy atom. The quantitative estimate of drug-likeness (QED) is 0.883. The number of benzene rings is 1. The summed E-state index contributed by atoms with van der Waals surface area (Å²) >= 11 is 0. The first kappa shape index (κ1) is 16.0. The molecule has 1 saturated heterocycles. The van der Waals surface area contributed by atoms with Crippen LogP contribution in [0.5, 0.6) is 0 Å². The number of carbonyl (C=O) groups is 1. The van der Waals surface area contributed by atoms with E-state index in [-0.39, 0.29) is 22.9 Å². The Labute approximate surface area is 126 Å². The lowest BCUT2D eigenvalue weighted by molar-refractivity contribution is 0.0914. The Kier molecular flexibility index (Phi) is 4.68. The number of nitrogens with one attached hydrogen (secondary N) is 2. The molecule has 6 heteroatoms. The van der Waals surface area contributed by atoms with Crippen molar-refractivity contribution in [3.8, 4) is 0 Å². The summed E-state index contributed by atoms with van der Waals surface area (Å²) in [7, 11) is -3.30. The van der Waals surface area contributed by atoms with Crippen LogP contribution in [0.1, 0.15) is 37.0 Å². The van der Waals surface area contributed by atoms with Crippen molar-refractivity contribution in [2.24, 2.45) is 0 Å². The third kappa shape index (κ3) is 4.04. The van der Waals surface area contributed by atoms with Gasteiger partial charge in [0.2, 0.25) is 0 Å². The average molecular weight is 310 g/mol. The number of carbonyl (C=O) groups excluding carboxylic acids is 1. The maximum Gasteiger partial charge on any atom is 0.251 e. The number of amides is 1. The van der Waals surface area contributed by atoms with Crippen LogP contribution >= 0.6 is 0 Å². The highest BCUT2D eigenvalue weighted by Gasteiger charge is 2.26. The summed E-state index contributed by atoms with van der Waals surface area (Å²) in [4.78, 5) is 12.5. The van der Waals surface area contributed by atoms with E-state index in [1.54, 1.807) is 12.1 Å². The van der Waals surface area contributed by atoms with Crippen molar-refractivity contribution in [1.29, 1.82) is 0 Å². The van der Waals surface area contributed by atoms with Crippen molar-refractivity contribution in [2.45, 2.75) is 49.7 Å². The van der Waals surface area contributed by atoms with Gasteiger partial charge in [-0.05, 0) is 44.9 Å². The summed E-state index contributed by atoms with van der Waals surface area (Å²) < 4.78 is 23.1. The van der Waals surface area contributed by atoms with Crippen LogP contribution < -0.4 is 10.6 Å². The van der Waals surface area contributed by atoms with Gasteiger partial charge in [0.15, 0.2) is 9.84 Å². The lowest BCUT2D eigenvalue weighted by atomic mass is 9.95. The van der Waals surface area contributed by atoms with Gasteiger partial charge in [-0.2, -0.15) is 0 Å². The number of piperidine rings is 1. The van der Waals surface area contributed by atoms with Gasteiger partial charge in [-0.25, -0.2) is 8.42 Å². The van der Waals surface area contributed by atoms with Gasteiger partial charge in [-0.3, -0.25) is 4.79 Å². The Bertz CT molecular complexity index is 628. The van der Waals surface area contributed by atoms with Gasteiger partial charge in [-0.1, -0.05) is 6.07 Å². The standard InChI is InChI=1S/C15H22N2O3S/c1-10-7-8-14(11(2)16-10)17-15(18)12-5-4-6-13(9-12)21(3,19)20/h4-6,9-11,14,16H,7-8H2,1-3H3,(H,17,18). The molecule has 1 aliphatic heterocycles. The molecule has 0 aromatic heterocycles. The molecule has 0 bridgehead atoms. The van der Waals surface area contributed by atoms with E-state index in [9.17, 15) is 13.2 Å². The molecule has 0 aliphatic carbocycles. The Morgan fingerprint density at radius 3 is 2.62 bits per heavy atom. The molecular weight excluding hydrogens is 288 g/mol. The first-order valence-electron chi connectivity index (χ1n) is 7.14. The molecule has 0 saturated carbocycles. The van der Waals surface area contributed by atoms with Crippen LogP contribution in [0.25, 0.3) is 0 Å². The molecule has 0 radical (unpaired) electrons. The molecule has 2 N–H and O–H groups in total. The van der Waals surface area contributed by atoms with Gasteiger partial charge >= 0.3 is 0 Å². The lowest BCUT2D eigenvalue weighted by Gasteiger charge is -2.34. The molecule has 1 amide bonds. The molecule has 1 fully saturated rings. The second kappa shape index (κ2) is 6.15. The van der Waals surface area contributed by atoms with Crippen molar-refractivity contribution in [1.82, 2.24) is 10.6 Å². The normalized spacial score (nSPS) is 26.3. The number of sulfone groups is 1. The summed E-state index contributed by atoms with van der Waals surface area (Å²) in [6.07, 6.45) is 3.07. The van der Waals surface area contributed by atoms with Gasteiger partial charge in [0.1, 0.15) is 0 Å². The van der Waals surface area contributed by atoms with Crippen LogP contribution in [0.4, 0.5) is 0 Å². The van der Waals surface area contributed by atoms with Gasteiger partial charge in [-0.15, -0.1) is 0 Å². The zero-order valence-corrected chi connectivity index (χ0v) is 13.4. The summed E-state index contributed by atoms with van der Waals surface area (Å²) in [5, 5.41) is 6.40. The largest absolute Gasteiger partial charge is 0.348 e. The van der Waals surface area contributed by atoms with Gasteiger partial charge in [0.05, 0.1) is 4.90 Å². The maximum absolute atomic E-state index is 12.3. The van der Waals surface area contributed by atoms with E-state index in [4.69, 9.17) is 0 Å². The van der Waals surface area contributed by atoms with Crippen LogP contribution in [0, 0.1) is 0 Å². The fraction of sp³-hybridized carbons (Fsp3) is 0.533. The number of hydrogen-bond donors (Lipinski definition) is 2. The van der Waals surface area contributed by atoms with Crippen LogP contribution in [-0.4, -0.2) is 38.7 Å². The Hall–Kier alpha value is -1.40. The van der Waals surface area contributed by atoms with Crippen molar-refractivity contribution in [3.63, 3.8) is 0 Å². The van der Waals surface area contributed by atoms with E-state index in [1.165, 1.54) is 12.1 Å². The molecule has 1 aromatic rings. The molecule has 116 valence electrons. The summed E-state index contributed by atoms with van der Waals surface area (Å²) in [5.41, 5.74) is 0.378.